The van der Waals surface area contributed by atoms with Gasteiger partial charge in [-0.3, -0.25) is 4.90 Å². The first-order valence-electron chi connectivity index (χ1n) is 4.67. The average molecular weight is 255 g/mol. The lowest BCUT2D eigenvalue weighted by Crippen LogP contribution is -2.12. The molecule has 2 aliphatic heterocycles. The third-order valence-electron chi connectivity index (χ3n) is 2.97. The average Bonchev–Trinajstić information content (AvgIpc) is 2.75. The molecule has 0 spiro atoms. The van der Waals surface area contributed by atoms with Gasteiger partial charge in [0.2, 0.25) is 0 Å². The lowest BCUT2D eigenvalue weighted by Gasteiger charge is -2.12. The van der Waals surface area contributed by atoms with E-state index in [2.05, 4.69) is 26.9 Å². The molecule has 2 heterocycles. The van der Waals surface area contributed by atoms with E-state index in [0.717, 1.165) is 29.9 Å². The Morgan fingerprint density at radius 3 is 2.93 bits per heavy atom. The minimum absolute atomic E-state index is 0.115. The van der Waals surface area contributed by atoms with E-state index in [9.17, 15) is 0 Å². The van der Waals surface area contributed by atoms with Crippen molar-refractivity contribution in [1.82, 2.24) is 4.90 Å². The van der Waals surface area contributed by atoms with Crippen LogP contribution in [0.2, 0.25) is 0 Å². The number of nitrogens with zero attached hydrogens (tertiary/aromatic N) is 1. The summed E-state index contributed by atoms with van der Waals surface area (Å²) in [6.45, 7) is 2.90. The van der Waals surface area contributed by atoms with E-state index in [1.54, 1.807) is 0 Å². The second-order valence-electron chi connectivity index (χ2n) is 3.79. The molecule has 2 unspecified atom stereocenters. The van der Waals surface area contributed by atoms with Crippen LogP contribution in [0.25, 0.3) is 0 Å². The minimum Gasteiger partial charge on any atom is -0.398 e. The van der Waals surface area contributed by atoms with Crippen LogP contribution in [0.15, 0.2) is 22.7 Å². The highest BCUT2D eigenvalue weighted by Gasteiger charge is 2.58. The molecule has 2 fully saturated rings. The number of nitrogen functional groups attached to an aromatic ring is 1. The predicted molar refractivity (Wildman–Crippen MR) is 57.8 cm³/mol. The Labute approximate surface area is 91.0 Å². The zero-order valence-electron chi connectivity index (χ0n) is 7.66. The van der Waals surface area contributed by atoms with Gasteiger partial charge in [-0.05, 0) is 28.1 Å². The molecule has 2 saturated heterocycles. The summed E-state index contributed by atoms with van der Waals surface area (Å²) in [4.78, 5) is 2.32. The molecule has 0 aromatic heterocycles. The SMILES string of the molecule is Nc1ccc(C23CN2CCO3)cc1Br. The molecule has 3 rings (SSSR count). The summed E-state index contributed by atoms with van der Waals surface area (Å²) in [7, 11) is 0. The number of hydrogen-bond donors (Lipinski definition) is 1. The molecule has 74 valence electrons. The van der Waals surface area contributed by atoms with Crippen molar-refractivity contribution >= 4 is 21.6 Å². The summed E-state index contributed by atoms with van der Waals surface area (Å²) < 4.78 is 6.71. The van der Waals surface area contributed by atoms with Crippen LogP contribution in [0.5, 0.6) is 0 Å². The van der Waals surface area contributed by atoms with Gasteiger partial charge in [0.1, 0.15) is 0 Å². The molecule has 0 aliphatic carbocycles. The maximum Gasteiger partial charge on any atom is 0.161 e. The van der Waals surface area contributed by atoms with E-state index < -0.39 is 0 Å². The Morgan fingerprint density at radius 1 is 1.50 bits per heavy atom. The summed E-state index contributed by atoms with van der Waals surface area (Å²) in [5.41, 5.74) is 7.61. The third kappa shape index (κ3) is 1.05. The maximum absolute atomic E-state index is 5.76. The van der Waals surface area contributed by atoms with E-state index in [-0.39, 0.29) is 5.72 Å². The molecule has 2 atom stereocenters. The standard InChI is InChI=1S/C10H11BrN2O/c11-8-5-7(1-2-9(8)12)10-6-13(10)3-4-14-10/h1-2,5H,3-4,6,12H2. The van der Waals surface area contributed by atoms with Crippen LogP contribution in [-0.4, -0.2) is 24.6 Å². The quantitative estimate of drug-likeness (QED) is 0.611. The fourth-order valence-electron chi connectivity index (χ4n) is 2.07. The molecule has 0 bridgehead atoms. The third-order valence-corrected chi connectivity index (χ3v) is 3.65. The Bertz CT molecular complexity index is 396. The van der Waals surface area contributed by atoms with E-state index in [1.165, 1.54) is 5.56 Å². The van der Waals surface area contributed by atoms with Crippen LogP contribution >= 0.6 is 15.9 Å². The molecule has 2 aliphatic rings. The predicted octanol–water partition coefficient (Wildman–Crippen LogP) is 1.53. The highest BCUT2D eigenvalue weighted by molar-refractivity contribution is 9.10. The highest BCUT2D eigenvalue weighted by atomic mass is 79.9. The number of rotatable bonds is 1. The molecule has 3 nitrogen and oxygen atoms in total. The van der Waals surface area contributed by atoms with Gasteiger partial charge in [-0.25, -0.2) is 0 Å². The van der Waals surface area contributed by atoms with Gasteiger partial charge in [0.25, 0.3) is 0 Å². The van der Waals surface area contributed by atoms with Gasteiger partial charge in [-0.2, -0.15) is 0 Å². The molecule has 0 saturated carbocycles. The van der Waals surface area contributed by atoms with Crippen molar-refractivity contribution in [1.29, 1.82) is 0 Å². The minimum atomic E-state index is -0.115. The van der Waals surface area contributed by atoms with Crippen LogP contribution in [0.1, 0.15) is 5.56 Å². The van der Waals surface area contributed by atoms with Crippen molar-refractivity contribution in [2.75, 3.05) is 25.4 Å². The molecule has 0 radical (unpaired) electrons. The van der Waals surface area contributed by atoms with Crippen molar-refractivity contribution in [2.24, 2.45) is 0 Å². The van der Waals surface area contributed by atoms with Crippen LogP contribution < -0.4 is 5.73 Å². The zero-order valence-corrected chi connectivity index (χ0v) is 9.25. The Morgan fingerprint density at radius 2 is 2.36 bits per heavy atom. The van der Waals surface area contributed by atoms with Crippen LogP contribution in [-0.2, 0) is 10.5 Å². The zero-order chi connectivity index (χ0) is 9.76. The number of hydrogen-bond acceptors (Lipinski definition) is 3. The van der Waals surface area contributed by atoms with Crippen molar-refractivity contribution in [3.63, 3.8) is 0 Å². The first-order chi connectivity index (χ1) is 6.72. The van der Waals surface area contributed by atoms with Gasteiger partial charge in [0.15, 0.2) is 5.72 Å². The fraction of sp³-hybridized carbons (Fsp3) is 0.400. The van der Waals surface area contributed by atoms with E-state index in [4.69, 9.17) is 10.5 Å². The van der Waals surface area contributed by atoms with Crippen LogP contribution in [0.3, 0.4) is 0 Å². The number of nitrogens with two attached hydrogens (primary N) is 1. The smallest absolute Gasteiger partial charge is 0.161 e. The van der Waals surface area contributed by atoms with Crippen LogP contribution in [0, 0.1) is 0 Å². The van der Waals surface area contributed by atoms with Gasteiger partial charge in [0, 0.05) is 28.8 Å². The number of fused-ring (bicyclic) bond motifs is 1. The van der Waals surface area contributed by atoms with E-state index in [1.807, 2.05) is 12.1 Å². The summed E-state index contributed by atoms with van der Waals surface area (Å²) in [5, 5.41) is 0. The Hall–Kier alpha value is -0.580. The van der Waals surface area contributed by atoms with Crippen molar-refractivity contribution in [3.8, 4) is 0 Å². The van der Waals surface area contributed by atoms with E-state index >= 15 is 0 Å². The molecule has 0 amide bonds. The Balaban J connectivity index is 2.01. The molecule has 2 N–H and O–H groups in total. The lowest BCUT2D eigenvalue weighted by atomic mass is 10.1. The first-order valence-corrected chi connectivity index (χ1v) is 5.46. The number of ether oxygens (including phenoxy) is 1. The second-order valence-corrected chi connectivity index (χ2v) is 4.65. The summed E-state index contributed by atoms with van der Waals surface area (Å²) in [5.74, 6) is 0. The molecular formula is C10H11BrN2O. The number of anilines is 1. The van der Waals surface area contributed by atoms with Gasteiger partial charge in [-0.1, -0.05) is 6.07 Å². The van der Waals surface area contributed by atoms with E-state index in [0.29, 0.717) is 0 Å². The van der Waals surface area contributed by atoms with Gasteiger partial charge in [0.05, 0.1) is 6.61 Å². The normalized spacial score (nSPS) is 34.2. The number of morpholine rings is 1. The number of halogens is 1. The molecule has 1 aromatic carbocycles. The van der Waals surface area contributed by atoms with Crippen LogP contribution in [0.4, 0.5) is 5.69 Å². The fourth-order valence-corrected chi connectivity index (χ4v) is 2.45. The van der Waals surface area contributed by atoms with Gasteiger partial charge < -0.3 is 10.5 Å². The maximum atomic E-state index is 5.76. The molecule has 4 heteroatoms. The van der Waals surface area contributed by atoms with Crippen molar-refractivity contribution < 1.29 is 4.74 Å². The molecule has 1 aromatic rings. The highest BCUT2D eigenvalue weighted by Crippen LogP contribution is 2.47. The van der Waals surface area contributed by atoms with Gasteiger partial charge in [-0.15, -0.1) is 0 Å². The topological polar surface area (TPSA) is 38.3 Å². The largest absolute Gasteiger partial charge is 0.398 e. The summed E-state index contributed by atoms with van der Waals surface area (Å²) in [6.07, 6.45) is 0. The molecular weight excluding hydrogens is 244 g/mol. The van der Waals surface area contributed by atoms with Crippen molar-refractivity contribution in [3.05, 3.63) is 28.2 Å². The Kier molecular flexibility index (Phi) is 1.69. The monoisotopic (exact) mass is 254 g/mol. The summed E-state index contributed by atoms with van der Waals surface area (Å²) in [6, 6.07) is 6.03. The van der Waals surface area contributed by atoms with Crippen molar-refractivity contribution in [2.45, 2.75) is 5.72 Å². The second kappa shape index (κ2) is 2.72. The summed E-state index contributed by atoms with van der Waals surface area (Å²) >= 11 is 3.44. The first kappa shape index (κ1) is 8.71. The number of benzene rings is 1. The lowest BCUT2D eigenvalue weighted by molar-refractivity contribution is 0.0588. The van der Waals surface area contributed by atoms with Gasteiger partial charge >= 0.3 is 0 Å². The molecule has 14 heavy (non-hydrogen) atoms.